The molecule has 0 spiro atoms. The van der Waals surface area contributed by atoms with Gasteiger partial charge in [-0.15, -0.1) is 0 Å². The number of ketones is 1. The highest BCUT2D eigenvalue weighted by atomic mass is 16.1. The first-order valence-corrected chi connectivity index (χ1v) is 8.49. The average Bonchev–Trinajstić information content (AvgIpc) is 2.38. The Balaban J connectivity index is 4.36. The molecule has 1 unspecified atom stereocenters. The molecule has 0 heterocycles. The number of carbonyl (C=O) groups is 2. The Morgan fingerprint density at radius 3 is 1.80 bits per heavy atom. The molecule has 0 amide bonds. The van der Waals surface area contributed by atoms with E-state index in [-0.39, 0.29) is 23.3 Å². The van der Waals surface area contributed by atoms with Gasteiger partial charge in [0.05, 0.1) is 12.1 Å². The van der Waals surface area contributed by atoms with E-state index in [9.17, 15) is 9.59 Å². The second-order valence-corrected chi connectivity index (χ2v) is 6.48. The SMILES string of the molecule is BC(=O)CC(=O)C(C)(CCCCC)CCCCCCC. The molecule has 0 aromatic heterocycles. The van der Waals surface area contributed by atoms with Crippen molar-refractivity contribution in [2.45, 2.75) is 91.4 Å². The highest BCUT2D eigenvalue weighted by Crippen LogP contribution is 2.33. The van der Waals surface area contributed by atoms with Gasteiger partial charge in [0.25, 0.3) is 0 Å². The van der Waals surface area contributed by atoms with Gasteiger partial charge in [0, 0.05) is 5.41 Å². The third-order valence-corrected chi connectivity index (χ3v) is 4.25. The van der Waals surface area contributed by atoms with E-state index in [0.29, 0.717) is 0 Å². The first-order chi connectivity index (χ1) is 9.46. The van der Waals surface area contributed by atoms with E-state index in [0.717, 1.165) is 25.7 Å². The molecular weight excluding hydrogens is 247 g/mol. The van der Waals surface area contributed by atoms with Gasteiger partial charge >= 0.3 is 0 Å². The minimum absolute atomic E-state index is 0.00250. The third-order valence-electron chi connectivity index (χ3n) is 4.25. The van der Waals surface area contributed by atoms with E-state index in [2.05, 4.69) is 20.8 Å². The lowest BCUT2D eigenvalue weighted by atomic mass is 9.73. The van der Waals surface area contributed by atoms with Crippen molar-refractivity contribution in [2.24, 2.45) is 5.41 Å². The summed E-state index contributed by atoms with van der Waals surface area (Å²) in [5.74, 6) is 0.164. The zero-order chi connectivity index (χ0) is 15.4. The van der Waals surface area contributed by atoms with Crippen molar-refractivity contribution in [1.82, 2.24) is 0 Å². The summed E-state index contributed by atoms with van der Waals surface area (Å²) in [4.78, 5) is 23.6. The molecule has 0 N–H and O–H groups in total. The van der Waals surface area contributed by atoms with Crippen LogP contribution in [0, 0.1) is 5.41 Å². The molecule has 0 aromatic rings. The van der Waals surface area contributed by atoms with Crippen LogP contribution in [0.25, 0.3) is 0 Å². The van der Waals surface area contributed by atoms with Crippen LogP contribution in [0.15, 0.2) is 0 Å². The Kier molecular flexibility index (Phi) is 10.8. The summed E-state index contributed by atoms with van der Waals surface area (Å²) in [6.45, 7) is 6.47. The van der Waals surface area contributed by atoms with Crippen molar-refractivity contribution in [3.05, 3.63) is 0 Å². The number of hydrogen-bond donors (Lipinski definition) is 0. The lowest BCUT2D eigenvalue weighted by molar-refractivity contribution is -0.131. The van der Waals surface area contributed by atoms with Crippen LogP contribution in [-0.2, 0) is 9.59 Å². The second-order valence-electron chi connectivity index (χ2n) is 6.48. The van der Waals surface area contributed by atoms with Crippen molar-refractivity contribution < 1.29 is 9.59 Å². The van der Waals surface area contributed by atoms with Crippen LogP contribution >= 0.6 is 0 Å². The number of rotatable bonds is 13. The highest BCUT2D eigenvalue weighted by molar-refractivity contribution is 6.59. The molecule has 116 valence electrons. The largest absolute Gasteiger partial charge is 0.312 e. The Labute approximate surface area is 126 Å². The molecule has 1 atom stereocenters. The highest BCUT2D eigenvalue weighted by Gasteiger charge is 2.31. The van der Waals surface area contributed by atoms with Crippen molar-refractivity contribution in [2.75, 3.05) is 0 Å². The maximum Gasteiger partial charge on any atom is 0.187 e. The van der Waals surface area contributed by atoms with Crippen LogP contribution in [0.5, 0.6) is 0 Å². The topological polar surface area (TPSA) is 34.1 Å². The van der Waals surface area contributed by atoms with Crippen LogP contribution in [-0.4, -0.2) is 19.3 Å². The van der Waals surface area contributed by atoms with Gasteiger partial charge in [-0.3, -0.25) is 4.79 Å². The van der Waals surface area contributed by atoms with E-state index in [1.165, 1.54) is 46.4 Å². The van der Waals surface area contributed by atoms with Gasteiger partial charge in [-0.2, -0.15) is 0 Å². The first-order valence-electron chi connectivity index (χ1n) is 8.49. The van der Waals surface area contributed by atoms with E-state index >= 15 is 0 Å². The van der Waals surface area contributed by atoms with Gasteiger partial charge in [0.2, 0.25) is 0 Å². The standard InChI is InChI=1S/C17H33BO2/c1-4-6-8-9-11-13-17(3,12-10-7-5-2)15(19)14-16(18)20/h4-14,18H2,1-3H3. The van der Waals surface area contributed by atoms with Crippen LogP contribution in [0.1, 0.15) is 91.4 Å². The Morgan fingerprint density at radius 1 is 0.850 bits per heavy atom. The summed E-state index contributed by atoms with van der Waals surface area (Å²) in [6, 6.07) is 0. The molecule has 0 saturated heterocycles. The first kappa shape index (κ1) is 19.4. The van der Waals surface area contributed by atoms with E-state index in [1.807, 2.05) is 0 Å². The number of hydrogen-bond acceptors (Lipinski definition) is 2. The van der Waals surface area contributed by atoms with Gasteiger partial charge < -0.3 is 4.79 Å². The maximum atomic E-state index is 12.4. The van der Waals surface area contributed by atoms with Crippen molar-refractivity contribution in [3.8, 4) is 0 Å². The molecule has 0 bridgehead atoms. The smallest absolute Gasteiger partial charge is 0.187 e. The van der Waals surface area contributed by atoms with Gasteiger partial charge in [-0.1, -0.05) is 72.1 Å². The normalized spacial score (nSPS) is 13.9. The van der Waals surface area contributed by atoms with E-state index in [1.54, 1.807) is 0 Å². The molecule has 0 rings (SSSR count). The Morgan fingerprint density at radius 2 is 1.30 bits per heavy atom. The van der Waals surface area contributed by atoms with Crippen LogP contribution in [0.3, 0.4) is 0 Å². The summed E-state index contributed by atoms with van der Waals surface area (Å²) in [7, 11) is 1.52. The summed E-state index contributed by atoms with van der Waals surface area (Å²) in [5.41, 5.74) is -0.268. The summed E-state index contributed by atoms with van der Waals surface area (Å²) < 4.78 is 0. The fraction of sp³-hybridized carbons (Fsp3) is 0.882. The lowest BCUT2D eigenvalue weighted by Gasteiger charge is -2.28. The van der Waals surface area contributed by atoms with Gasteiger partial charge in [-0.05, 0) is 12.8 Å². The molecule has 0 saturated carbocycles. The van der Waals surface area contributed by atoms with E-state index in [4.69, 9.17) is 0 Å². The molecule has 0 radical (unpaired) electrons. The fourth-order valence-electron chi connectivity index (χ4n) is 2.73. The minimum atomic E-state index is -0.271. The van der Waals surface area contributed by atoms with Gasteiger partial charge in [-0.25, -0.2) is 0 Å². The van der Waals surface area contributed by atoms with Crippen LogP contribution in [0.4, 0.5) is 0 Å². The molecular formula is C17H33BO2. The molecule has 2 nitrogen and oxygen atoms in total. The van der Waals surface area contributed by atoms with Gasteiger partial charge in [0.15, 0.2) is 7.85 Å². The quantitative estimate of drug-likeness (QED) is 0.290. The number of carbonyl (C=O) groups excluding carboxylic acids is 2. The van der Waals surface area contributed by atoms with Crippen LogP contribution in [0.2, 0.25) is 0 Å². The summed E-state index contributed by atoms with van der Waals surface area (Å²) in [6.07, 6.45) is 11.6. The molecule has 0 fully saturated rings. The molecule has 0 aromatic carbocycles. The second kappa shape index (κ2) is 11.1. The zero-order valence-corrected chi connectivity index (χ0v) is 14.1. The van der Waals surface area contributed by atoms with E-state index < -0.39 is 0 Å². The number of unbranched alkanes of at least 4 members (excludes halogenated alkanes) is 6. The number of Topliss-reactive ketones (excluding diaryl/α,β-unsaturated/α-hetero) is 1. The molecule has 3 heteroatoms. The molecule has 20 heavy (non-hydrogen) atoms. The molecule has 0 aliphatic heterocycles. The zero-order valence-electron chi connectivity index (χ0n) is 14.1. The van der Waals surface area contributed by atoms with Crippen molar-refractivity contribution >= 4 is 19.3 Å². The molecule has 0 aliphatic carbocycles. The summed E-state index contributed by atoms with van der Waals surface area (Å²) in [5, 5.41) is 0. The fourth-order valence-corrected chi connectivity index (χ4v) is 2.73. The predicted octanol–water partition coefficient (Wildman–Crippen LogP) is 4.05. The maximum absolute atomic E-state index is 12.4. The van der Waals surface area contributed by atoms with Crippen molar-refractivity contribution in [1.29, 1.82) is 0 Å². The van der Waals surface area contributed by atoms with Crippen LogP contribution < -0.4 is 0 Å². The monoisotopic (exact) mass is 280 g/mol. The minimum Gasteiger partial charge on any atom is -0.312 e. The summed E-state index contributed by atoms with van der Waals surface area (Å²) >= 11 is 0. The predicted molar refractivity (Wildman–Crippen MR) is 88.8 cm³/mol. The Bertz CT molecular complexity index is 289. The Hall–Kier alpha value is -0.595. The van der Waals surface area contributed by atoms with Crippen molar-refractivity contribution in [3.63, 3.8) is 0 Å². The third kappa shape index (κ3) is 8.55. The van der Waals surface area contributed by atoms with Gasteiger partial charge in [0.1, 0.15) is 5.78 Å². The average molecular weight is 280 g/mol. The lowest BCUT2D eigenvalue weighted by Crippen LogP contribution is -2.30. The molecule has 0 aliphatic rings.